The van der Waals surface area contributed by atoms with E-state index in [0.29, 0.717) is 10.8 Å². The van der Waals surface area contributed by atoms with Crippen LogP contribution in [-0.2, 0) is 0 Å². The molecule has 0 heteroatoms. The maximum absolute atomic E-state index is 2.57. The zero-order valence-corrected chi connectivity index (χ0v) is 10.4. The van der Waals surface area contributed by atoms with Crippen molar-refractivity contribution in [2.24, 2.45) is 22.7 Å². The lowest BCUT2D eigenvalue weighted by Gasteiger charge is -2.58. The smallest absolute Gasteiger partial charge is 0.0246 e. The molecule has 0 bridgehead atoms. The van der Waals surface area contributed by atoms with E-state index in [9.17, 15) is 0 Å². The third kappa shape index (κ3) is 1.33. The standard InChI is InChI=1S/C14H26/c1-11-7-9-14(4)12(2)6-5-8-13(14,3)10-11/h11-12H,5-10H2,1-4H3/t11?,12-,13-,14+/m1/s1. The summed E-state index contributed by atoms with van der Waals surface area (Å²) in [5.74, 6) is 1.92. The van der Waals surface area contributed by atoms with Crippen LogP contribution >= 0.6 is 0 Å². The van der Waals surface area contributed by atoms with Crippen LogP contribution in [0.4, 0.5) is 0 Å². The molecule has 0 radical (unpaired) electrons. The first kappa shape index (κ1) is 10.5. The van der Waals surface area contributed by atoms with Crippen LogP contribution in [0.3, 0.4) is 0 Å². The molecule has 0 amide bonds. The minimum atomic E-state index is 0.651. The van der Waals surface area contributed by atoms with Gasteiger partial charge in [-0.3, -0.25) is 0 Å². The van der Waals surface area contributed by atoms with Gasteiger partial charge in [-0.15, -0.1) is 0 Å². The Morgan fingerprint density at radius 2 is 1.71 bits per heavy atom. The Morgan fingerprint density at radius 3 is 2.43 bits per heavy atom. The second kappa shape index (κ2) is 3.25. The second-order valence-electron chi connectivity index (χ2n) is 6.62. The Bertz CT molecular complexity index is 220. The summed E-state index contributed by atoms with van der Waals surface area (Å²) >= 11 is 0. The fourth-order valence-electron chi connectivity index (χ4n) is 4.30. The zero-order chi connectivity index (χ0) is 10.4. The number of hydrogen-bond acceptors (Lipinski definition) is 0. The number of hydrogen-bond donors (Lipinski definition) is 0. The fraction of sp³-hybridized carbons (Fsp3) is 1.00. The molecule has 14 heavy (non-hydrogen) atoms. The van der Waals surface area contributed by atoms with Gasteiger partial charge in [-0.05, 0) is 41.9 Å². The molecule has 2 aliphatic carbocycles. The van der Waals surface area contributed by atoms with Crippen molar-refractivity contribution in [3.05, 3.63) is 0 Å². The first-order valence-corrected chi connectivity index (χ1v) is 6.48. The lowest BCUT2D eigenvalue weighted by molar-refractivity contribution is -0.0828. The van der Waals surface area contributed by atoms with Crippen molar-refractivity contribution < 1.29 is 0 Å². The Balaban J connectivity index is 2.27. The van der Waals surface area contributed by atoms with Gasteiger partial charge in [0.2, 0.25) is 0 Å². The Labute approximate surface area is 89.5 Å². The first-order valence-electron chi connectivity index (χ1n) is 6.48. The molecule has 0 aromatic carbocycles. The lowest BCUT2D eigenvalue weighted by atomic mass is 9.47. The van der Waals surface area contributed by atoms with Crippen molar-refractivity contribution in [1.29, 1.82) is 0 Å². The maximum Gasteiger partial charge on any atom is -0.0246 e. The lowest BCUT2D eigenvalue weighted by Crippen LogP contribution is -2.49. The van der Waals surface area contributed by atoms with E-state index in [4.69, 9.17) is 0 Å². The third-order valence-electron chi connectivity index (χ3n) is 5.79. The van der Waals surface area contributed by atoms with Crippen LogP contribution in [0.15, 0.2) is 0 Å². The van der Waals surface area contributed by atoms with Crippen molar-refractivity contribution in [3.63, 3.8) is 0 Å². The van der Waals surface area contributed by atoms with E-state index in [0.717, 1.165) is 11.8 Å². The maximum atomic E-state index is 2.57. The molecule has 2 fully saturated rings. The van der Waals surface area contributed by atoms with E-state index < -0.39 is 0 Å². The highest BCUT2D eigenvalue weighted by atomic mass is 14.6. The minimum Gasteiger partial charge on any atom is -0.0625 e. The summed E-state index contributed by atoms with van der Waals surface area (Å²) in [5, 5.41) is 0. The summed E-state index contributed by atoms with van der Waals surface area (Å²) in [6.07, 6.45) is 8.86. The third-order valence-corrected chi connectivity index (χ3v) is 5.79. The number of fused-ring (bicyclic) bond motifs is 1. The molecular formula is C14H26. The Hall–Kier alpha value is 0. The van der Waals surface area contributed by atoms with Gasteiger partial charge in [0.15, 0.2) is 0 Å². The van der Waals surface area contributed by atoms with Crippen LogP contribution in [0.25, 0.3) is 0 Å². The van der Waals surface area contributed by atoms with Crippen molar-refractivity contribution >= 4 is 0 Å². The van der Waals surface area contributed by atoms with Gasteiger partial charge in [-0.25, -0.2) is 0 Å². The van der Waals surface area contributed by atoms with Crippen LogP contribution in [0.1, 0.15) is 66.2 Å². The molecule has 2 saturated carbocycles. The average Bonchev–Trinajstić information content (AvgIpc) is 2.10. The van der Waals surface area contributed by atoms with Crippen LogP contribution in [0, 0.1) is 22.7 Å². The summed E-state index contributed by atoms with van der Waals surface area (Å²) in [4.78, 5) is 0. The molecule has 1 unspecified atom stereocenters. The topological polar surface area (TPSA) is 0 Å². The van der Waals surface area contributed by atoms with Crippen LogP contribution in [-0.4, -0.2) is 0 Å². The number of rotatable bonds is 0. The monoisotopic (exact) mass is 194 g/mol. The fourth-order valence-corrected chi connectivity index (χ4v) is 4.30. The van der Waals surface area contributed by atoms with Gasteiger partial charge in [0.05, 0.1) is 0 Å². The summed E-state index contributed by atoms with van der Waals surface area (Å²) in [6.45, 7) is 10.1. The highest BCUT2D eigenvalue weighted by molar-refractivity contribution is 5.01. The predicted octanol–water partition coefficient (Wildman–Crippen LogP) is 4.64. The molecule has 0 heterocycles. The van der Waals surface area contributed by atoms with Crippen LogP contribution in [0.5, 0.6) is 0 Å². The van der Waals surface area contributed by atoms with Gasteiger partial charge in [-0.1, -0.05) is 47.0 Å². The van der Waals surface area contributed by atoms with Crippen molar-refractivity contribution in [2.75, 3.05) is 0 Å². The SMILES string of the molecule is CC1CC[C@@]2(C)[C@H](C)CCC[C@]2(C)C1. The molecule has 2 aliphatic rings. The van der Waals surface area contributed by atoms with Gasteiger partial charge in [-0.2, -0.15) is 0 Å². The molecule has 0 spiro atoms. The molecule has 4 atom stereocenters. The van der Waals surface area contributed by atoms with Crippen molar-refractivity contribution in [2.45, 2.75) is 66.2 Å². The molecule has 2 rings (SSSR count). The van der Waals surface area contributed by atoms with Gasteiger partial charge in [0.1, 0.15) is 0 Å². The molecule has 82 valence electrons. The summed E-state index contributed by atoms with van der Waals surface area (Å²) in [5.41, 5.74) is 1.31. The van der Waals surface area contributed by atoms with Gasteiger partial charge >= 0.3 is 0 Å². The van der Waals surface area contributed by atoms with Gasteiger partial charge in [0, 0.05) is 0 Å². The van der Waals surface area contributed by atoms with Gasteiger partial charge < -0.3 is 0 Å². The molecule has 0 aromatic heterocycles. The molecule has 0 aromatic rings. The highest BCUT2D eigenvalue weighted by Gasteiger charge is 2.52. The zero-order valence-electron chi connectivity index (χ0n) is 10.4. The van der Waals surface area contributed by atoms with Crippen molar-refractivity contribution in [3.8, 4) is 0 Å². The highest BCUT2D eigenvalue weighted by Crippen LogP contribution is 2.61. The minimum absolute atomic E-state index is 0.651. The first-order chi connectivity index (χ1) is 6.48. The van der Waals surface area contributed by atoms with E-state index in [1.165, 1.54) is 38.5 Å². The van der Waals surface area contributed by atoms with E-state index in [-0.39, 0.29) is 0 Å². The van der Waals surface area contributed by atoms with E-state index in [1.54, 1.807) is 0 Å². The van der Waals surface area contributed by atoms with Crippen LogP contribution < -0.4 is 0 Å². The summed E-state index contributed by atoms with van der Waals surface area (Å²) in [6, 6.07) is 0. The molecular weight excluding hydrogens is 168 g/mol. The van der Waals surface area contributed by atoms with Crippen LogP contribution in [0.2, 0.25) is 0 Å². The Morgan fingerprint density at radius 1 is 1.00 bits per heavy atom. The summed E-state index contributed by atoms with van der Waals surface area (Å²) < 4.78 is 0. The molecule has 0 N–H and O–H groups in total. The van der Waals surface area contributed by atoms with E-state index in [2.05, 4.69) is 27.7 Å². The summed E-state index contributed by atoms with van der Waals surface area (Å²) in [7, 11) is 0. The normalized spacial score (nSPS) is 54.0. The second-order valence-corrected chi connectivity index (χ2v) is 6.62. The Kier molecular flexibility index (Phi) is 2.44. The van der Waals surface area contributed by atoms with Gasteiger partial charge in [0.25, 0.3) is 0 Å². The largest absolute Gasteiger partial charge is 0.0625 e. The van der Waals surface area contributed by atoms with E-state index in [1.807, 2.05) is 0 Å². The van der Waals surface area contributed by atoms with E-state index >= 15 is 0 Å². The van der Waals surface area contributed by atoms with Crippen molar-refractivity contribution in [1.82, 2.24) is 0 Å². The predicted molar refractivity (Wildman–Crippen MR) is 62.2 cm³/mol. The quantitative estimate of drug-likeness (QED) is 0.527. The molecule has 0 aliphatic heterocycles. The molecule has 0 saturated heterocycles. The molecule has 0 nitrogen and oxygen atoms in total. The average molecular weight is 194 g/mol.